The summed E-state index contributed by atoms with van der Waals surface area (Å²) in [6, 6.07) is 4.00. The summed E-state index contributed by atoms with van der Waals surface area (Å²) in [6.45, 7) is 5.07. The molecular formula is C14H15ClN4O3. The van der Waals surface area contributed by atoms with Crippen LogP contribution in [0.5, 0.6) is 0 Å². The van der Waals surface area contributed by atoms with Crippen molar-refractivity contribution in [3.8, 4) is 5.82 Å². The first kappa shape index (κ1) is 16.0. The van der Waals surface area contributed by atoms with Crippen molar-refractivity contribution in [2.24, 2.45) is 0 Å². The predicted molar refractivity (Wildman–Crippen MR) is 80.4 cm³/mol. The Morgan fingerprint density at radius 3 is 2.59 bits per heavy atom. The first-order chi connectivity index (χ1) is 10.3. The van der Waals surface area contributed by atoms with Gasteiger partial charge in [-0.2, -0.15) is 5.10 Å². The predicted octanol–water partition coefficient (Wildman–Crippen LogP) is 1.74. The second-order valence-corrected chi connectivity index (χ2v) is 5.28. The van der Waals surface area contributed by atoms with Gasteiger partial charge in [-0.15, -0.1) is 0 Å². The summed E-state index contributed by atoms with van der Waals surface area (Å²) in [5.41, 5.74) is 1.64. The Bertz CT molecular complexity index is 742. The Hall–Kier alpha value is -2.41. The molecule has 0 aliphatic rings. The second-order valence-electron chi connectivity index (χ2n) is 4.87. The molecule has 0 saturated heterocycles. The van der Waals surface area contributed by atoms with E-state index in [1.807, 2.05) is 19.9 Å². The molecule has 1 atom stereocenters. The highest BCUT2D eigenvalue weighted by Crippen LogP contribution is 2.17. The molecule has 0 aromatic carbocycles. The molecule has 2 rings (SSSR count). The highest BCUT2D eigenvalue weighted by Gasteiger charge is 2.19. The smallest absolute Gasteiger partial charge is 0.325 e. The van der Waals surface area contributed by atoms with Gasteiger partial charge >= 0.3 is 5.97 Å². The van der Waals surface area contributed by atoms with Crippen LogP contribution in [-0.4, -0.2) is 37.8 Å². The van der Waals surface area contributed by atoms with Gasteiger partial charge in [0.1, 0.15) is 11.7 Å². The van der Waals surface area contributed by atoms with E-state index in [4.69, 9.17) is 16.7 Å². The Labute approximate surface area is 131 Å². The van der Waals surface area contributed by atoms with Gasteiger partial charge in [0, 0.05) is 5.69 Å². The van der Waals surface area contributed by atoms with Gasteiger partial charge in [-0.1, -0.05) is 11.6 Å². The third-order valence-corrected chi connectivity index (χ3v) is 3.30. The lowest BCUT2D eigenvalue weighted by Gasteiger charge is -2.11. The number of carboxylic acids is 1. The summed E-state index contributed by atoms with van der Waals surface area (Å²) in [7, 11) is 0. The molecule has 7 nitrogen and oxygen atoms in total. The number of pyridine rings is 1. The third-order valence-electron chi connectivity index (χ3n) is 2.99. The highest BCUT2D eigenvalue weighted by atomic mass is 35.5. The van der Waals surface area contributed by atoms with E-state index in [-0.39, 0.29) is 10.7 Å². The third kappa shape index (κ3) is 3.25. The maximum Gasteiger partial charge on any atom is 0.325 e. The topological polar surface area (TPSA) is 97.1 Å². The first-order valence-electron chi connectivity index (χ1n) is 6.53. The minimum absolute atomic E-state index is 0.0418. The van der Waals surface area contributed by atoms with E-state index < -0.39 is 17.9 Å². The summed E-state index contributed by atoms with van der Waals surface area (Å²) < 4.78 is 1.59. The average Bonchev–Trinajstić information content (AvgIpc) is 2.78. The van der Waals surface area contributed by atoms with Crippen molar-refractivity contribution in [2.75, 3.05) is 0 Å². The summed E-state index contributed by atoms with van der Waals surface area (Å²) >= 11 is 5.99. The maximum atomic E-state index is 12.1. The van der Waals surface area contributed by atoms with Crippen LogP contribution >= 0.6 is 11.6 Å². The summed E-state index contributed by atoms with van der Waals surface area (Å²) in [5.74, 6) is -1.36. The number of nitrogens with zero attached hydrogens (tertiary/aromatic N) is 3. The number of aromatic nitrogens is 3. The SMILES string of the molecule is Cc1cc(C)n(-c2ccc(Cl)c(C(=O)NC(C)C(=O)O)n2)n1. The molecule has 1 unspecified atom stereocenters. The van der Waals surface area contributed by atoms with Crippen molar-refractivity contribution in [1.29, 1.82) is 0 Å². The molecule has 0 radical (unpaired) electrons. The zero-order valence-corrected chi connectivity index (χ0v) is 13.0. The van der Waals surface area contributed by atoms with Crippen LogP contribution in [0.3, 0.4) is 0 Å². The molecule has 0 bridgehead atoms. The number of nitrogens with one attached hydrogen (secondary N) is 1. The van der Waals surface area contributed by atoms with Crippen LogP contribution < -0.4 is 5.32 Å². The molecule has 2 heterocycles. The zero-order chi connectivity index (χ0) is 16.4. The summed E-state index contributed by atoms with van der Waals surface area (Å²) in [6.07, 6.45) is 0. The number of rotatable bonds is 4. The molecule has 0 fully saturated rings. The van der Waals surface area contributed by atoms with Crippen molar-refractivity contribution >= 4 is 23.5 Å². The fourth-order valence-corrected chi connectivity index (χ4v) is 2.09. The molecule has 8 heteroatoms. The van der Waals surface area contributed by atoms with Crippen molar-refractivity contribution in [3.05, 3.63) is 40.3 Å². The number of amides is 1. The van der Waals surface area contributed by atoms with Gasteiger partial charge in [0.2, 0.25) is 0 Å². The standard InChI is InChI=1S/C14H15ClN4O3/c1-7-6-8(2)19(18-7)11-5-4-10(15)12(17-11)13(20)16-9(3)14(21)22/h4-6,9H,1-3H3,(H,16,20)(H,21,22). The molecule has 0 saturated carbocycles. The lowest BCUT2D eigenvalue weighted by Crippen LogP contribution is -2.38. The van der Waals surface area contributed by atoms with Gasteiger partial charge in [0.15, 0.2) is 5.82 Å². The Morgan fingerprint density at radius 1 is 1.36 bits per heavy atom. The zero-order valence-electron chi connectivity index (χ0n) is 12.3. The number of aryl methyl sites for hydroxylation is 2. The van der Waals surface area contributed by atoms with Gasteiger partial charge in [-0.25, -0.2) is 9.67 Å². The van der Waals surface area contributed by atoms with Crippen LogP contribution in [0.25, 0.3) is 5.82 Å². The highest BCUT2D eigenvalue weighted by molar-refractivity contribution is 6.33. The van der Waals surface area contributed by atoms with Gasteiger partial charge in [0.25, 0.3) is 5.91 Å². The van der Waals surface area contributed by atoms with Gasteiger partial charge in [-0.3, -0.25) is 9.59 Å². The Balaban J connectivity index is 2.37. The van der Waals surface area contributed by atoms with Crippen molar-refractivity contribution in [2.45, 2.75) is 26.8 Å². The van der Waals surface area contributed by atoms with Crippen molar-refractivity contribution < 1.29 is 14.7 Å². The minimum Gasteiger partial charge on any atom is -0.480 e. The summed E-state index contributed by atoms with van der Waals surface area (Å²) in [4.78, 5) is 27.1. The van der Waals surface area contributed by atoms with Gasteiger partial charge in [-0.05, 0) is 39.0 Å². The monoisotopic (exact) mass is 322 g/mol. The molecule has 2 N–H and O–H groups in total. The number of hydrogen-bond donors (Lipinski definition) is 2. The number of aliphatic carboxylic acids is 1. The Morgan fingerprint density at radius 2 is 2.05 bits per heavy atom. The number of hydrogen-bond acceptors (Lipinski definition) is 4. The van der Waals surface area contributed by atoms with E-state index in [0.717, 1.165) is 11.4 Å². The number of halogens is 1. The van der Waals surface area contributed by atoms with E-state index in [1.165, 1.54) is 13.0 Å². The molecule has 0 aliphatic carbocycles. The lowest BCUT2D eigenvalue weighted by molar-refractivity contribution is -0.138. The number of carbonyl (C=O) groups excluding carboxylic acids is 1. The molecule has 1 amide bonds. The quantitative estimate of drug-likeness (QED) is 0.893. The average molecular weight is 323 g/mol. The van der Waals surface area contributed by atoms with Crippen LogP contribution in [0.1, 0.15) is 28.8 Å². The first-order valence-corrected chi connectivity index (χ1v) is 6.91. The van der Waals surface area contributed by atoms with Crippen LogP contribution in [0.15, 0.2) is 18.2 Å². The van der Waals surface area contributed by atoms with Crippen LogP contribution in [0.2, 0.25) is 5.02 Å². The van der Waals surface area contributed by atoms with Crippen molar-refractivity contribution in [3.63, 3.8) is 0 Å². The molecular weight excluding hydrogens is 308 g/mol. The fourth-order valence-electron chi connectivity index (χ4n) is 1.90. The van der Waals surface area contributed by atoms with E-state index in [2.05, 4.69) is 15.4 Å². The van der Waals surface area contributed by atoms with Crippen LogP contribution in [0.4, 0.5) is 0 Å². The lowest BCUT2D eigenvalue weighted by atomic mass is 10.3. The van der Waals surface area contributed by atoms with Gasteiger partial charge < -0.3 is 10.4 Å². The van der Waals surface area contributed by atoms with E-state index in [9.17, 15) is 9.59 Å². The normalized spacial score (nSPS) is 12.0. The van der Waals surface area contributed by atoms with E-state index >= 15 is 0 Å². The number of carbonyl (C=O) groups is 2. The fraction of sp³-hybridized carbons (Fsp3) is 0.286. The second kappa shape index (κ2) is 6.15. The van der Waals surface area contributed by atoms with E-state index in [1.54, 1.807) is 10.7 Å². The van der Waals surface area contributed by atoms with Crippen molar-refractivity contribution in [1.82, 2.24) is 20.1 Å². The molecule has 2 aromatic rings. The summed E-state index contributed by atoms with van der Waals surface area (Å²) in [5, 5.41) is 15.6. The molecule has 22 heavy (non-hydrogen) atoms. The Kier molecular flexibility index (Phi) is 4.46. The number of carboxylic acid groups (broad SMARTS) is 1. The molecule has 0 spiro atoms. The van der Waals surface area contributed by atoms with Gasteiger partial charge in [0.05, 0.1) is 10.7 Å². The minimum atomic E-state index is -1.14. The maximum absolute atomic E-state index is 12.1. The van der Waals surface area contributed by atoms with Crippen LogP contribution in [0, 0.1) is 13.8 Å². The molecule has 116 valence electrons. The molecule has 2 aromatic heterocycles. The molecule has 0 aliphatic heterocycles. The van der Waals surface area contributed by atoms with Crippen LogP contribution in [-0.2, 0) is 4.79 Å². The largest absolute Gasteiger partial charge is 0.480 e. The van der Waals surface area contributed by atoms with E-state index in [0.29, 0.717) is 5.82 Å².